The van der Waals surface area contributed by atoms with Crippen LogP contribution in [0, 0.1) is 0 Å². The highest BCUT2D eigenvalue weighted by atomic mass is 14.0. The van der Waals surface area contributed by atoms with Gasteiger partial charge in [0.05, 0.1) is 0 Å². The summed E-state index contributed by atoms with van der Waals surface area (Å²) in [5.41, 5.74) is 2.62. The molecule has 0 radical (unpaired) electrons. The van der Waals surface area contributed by atoms with Crippen LogP contribution in [0.15, 0.2) is 73.3 Å². The summed E-state index contributed by atoms with van der Waals surface area (Å²) in [5.74, 6) is 0. The molecule has 2 aliphatic rings. The Kier molecular flexibility index (Phi) is 4.96. The summed E-state index contributed by atoms with van der Waals surface area (Å²) in [6, 6.07) is 16.7. The van der Waals surface area contributed by atoms with Crippen LogP contribution < -0.4 is 0 Å². The molecule has 0 saturated heterocycles. The fourth-order valence-corrected chi connectivity index (χ4v) is 1.27. The van der Waals surface area contributed by atoms with Crippen molar-refractivity contribution < 1.29 is 0 Å². The maximum atomic E-state index is 3.46. The Bertz CT molecular complexity index is 371. The lowest BCUT2D eigenvalue weighted by Gasteiger charge is -1.85. The highest BCUT2D eigenvalue weighted by molar-refractivity contribution is 5.65. The summed E-state index contributed by atoms with van der Waals surface area (Å²) < 4.78 is 0. The average Bonchev–Trinajstić information content (AvgIpc) is 2.58. The first-order chi connectivity index (χ1) is 7.38. The van der Waals surface area contributed by atoms with Crippen LogP contribution in [0.2, 0.25) is 0 Å². The van der Waals surface area contributed by atoms with Gasteiger partial charge in [0.2, 0.25) is 0 Å². The van der Waals surface area contributed by atoms with Gasteiger partial charge in [-0.2, -0.15) is 0 Å². The molecule has 0 saturated carbocycles. The molecule has 0 fully saturated rings. The molecule has 0 atom stereocenters. The van der Waals surface area contributed by atoms with Crippen molar-refractivity contribution in [2.75, 3.05) is 0 Å². The normalized spacial score (nSPS) is 9.67. The molecule has 2 aliphatic carbocycles. The van der Waals surface area contributed by atoms with Gasteiger partial charge < -0.3 is 0 Å². The summed E-state index contributed by atoms with van der Waals surface area (Å²) in [4.78, 5) is 0. The zero-order valence-corrected chi connectivity index (χ0v) is 9.06. The third-order valence-corrected chi connectivity index (χ3v) is 1.99. The minimum absolute atomic E-state index is 1.31. The van der Waals surface area contributed by atoms with Gasteiger partial charge in [-0.05, 0) is 18.1 Å². The summed E-state index contributed by atoms with van der Waals surface area (Å²) in [6.07, 6.45) is 5.58. The fourth-order valence-electron chi connectivity index (χ4n) is 1.27. The molecule has 76 valence electrons. The molecule has 0 aliphatic heterocycles. The van der Waals surface area contributed by atoms with Crippen molar-refractivity contribution in [1.29, 1.82) is 0 Å². The van der Waals surface area contributed by atoms with Crippen LogP contribution in [-0.4, -0.2) is 0 Å². The monoisotopic (exact) mass is 196 g/mol. The van der Waals surface area contributed by atoms with E-state index in [0.717, 1.165) is 0 Å². The molecule has 0 aromatic heterocycles. The molecule has 0 amide bonds. The molecular weight excluding hydrogens is 180 g/mol. The molecule has 0 bridgehead atoms. The van der Waals surface area contributed by atoms with Gasteiger partial charge in [-0.25, -0.2) is 0 Å². The number of rotatable bonds is 1. The van der Waals surface area contributed by atoms with E-state index in [-0.39, 0.29) is 0 Å². The number of fused-ring (bicyclic) bond motifs is 1. The Morgan fingerprint density at radius 2 is 1.40 bits per heavy atom. The number of allylic oxidation sites excluding steroid dienone is 3. The summed E-state index contributed by atoms with van der Waals surface area (Å²) in [7, 11) is 0. The van der Waals surface area contributed by atoms with E-state index in [1.54, 1.807) is 6.08 Å². The topological polar surface area (TPSA) is 0 Å². The van der Waals surface area contributed by atoms with Gasteiger partial charge in [0.15, 0.2) is 0 Å². The molecule has 15 heavy (non-hydrogen) atoms. The van der Waals surface area contributed by atoms with Crippen molar-refractivity contribution in [3.63, 3.8) is 0 Å². The summed E-state index contributed by atoms with van der Waals surface area (Å²) in [5, 5.41) is 0. The summed E-state index contributed by atoms with van der Waals surface area (Å²) >= 11 is 0. The molecule has 0 nitrogen and oxygen atoms in total. The van der Waals surface area contributed by atoms with E-state index in [1.165, 1.54) is 11.1 Å². The zero-order chi connectivity index (χ0) is 10.9. The predicted octanol–water partition coefficient (Wildman–Crippen LogP) is 4.54. The zero-order valence-electron chi connectivity index (χ0n) is 9.06. The second-order valence-electron chi connectivity index (χ2n) is 3.11. The van der Waals surface area contributed by atoms with Crippen molar-refractivity contribution in [2.45, 2.75) is 6.92 Å². The van der Waals surface area contributed by atoms with Crippen molar-refractivity contribution >= 4 is 0 Å². The minimum Gasteiger partial charge on any atom is -0.0991 e. The first-order valence-electron chi connectivity index (χ1n) is 5.06. The lowest BCUT2D eigenvalue weighted by Crippen LogP contribution is -1.59. The van der Waals surface area contributed by atoms with E-state index in [0.29, 0.717) is 0 Å². The molecule has 2 rings (SSSR count). The first kappa shape index (κ1) is 11.3. The second-order valence-corrected chi connectivity index (χ2v) is 3.11. The van der Waals surface area contributed by atoms with Crippen molar-refractivity contribution in [3.8, 4) is 11.1 Å². The fraction of sp³-hybridized carbons (Fsp3) is 0.0667. The lowest BCUT2D eigenvalue weighted by molar-refractivity contribution is 1.74. The van der Waals surface area contributed by atoms with Gasteiger partial charge in [-0.15, -0.1) is 0 Å². The Morgan fingerprint density at radius 1 is 0.867 bits per heavy atom. The molecule has 0 aromatic carbocycles. The molecule has 0 spiro atoms. The van der Waals surface area contributed by atoms with E-state index in [2.05, 4.69) is 49.0 Å². The van der Waals surface area contributed by atoms with E-state index in [1.807, 2.05) is 25.1 Å². The van der Waals surface area contributed by atoms with Gasteiger partial charge >= 0.3 is 0 Å². The number of hydrogen-bond donors (Lipinski definition) is 0. The highest BCUT2D eigenvalue weighted by Gasteiger charge is 1.94. The minimum atomic E-state index is 1.31. The van der Waals surface area contributed by atoms with Crippen LogP contribution >= 0.6 is 0 Å². The largest absolute Gasteiger partial charge is 0.0991 e. The van der Waals surface area contributed by atoms with Crippen LogP contribution in [0.1, 0.15) is 6.92 Å². The van der Waals surface area contributed by atoms with E-state index in [4.69, 9.17) is 0 Å². The SMILES string of the molecule is C=CC=CC.c1ccc2cccc-2cc1. The van der Waals surface area contributed by atoms with Crippen LogP contribution in [0.25, 0.3) is 11.1 Å². The third kappa shape index (κ3) is 3.82. The van der Waals surface area contributed by atoms with Gasteiger partial charge in [-0.1, -0.05) is 73.3 Å². The van der Waals surface area contributed by atoms with Gasteiger partial charge in [-0.3, -0.25) is 0 Å². The Hall–Kier alpha value is -1.82. The van der Waals surface area contributed by atoms with Gasteiger partial charge in [0.25, 0.3) is 0 Å². The van der Waals surface area contributed by atoms with Crippen molar-refractivity contribution in [2.24, 2.45) is 0 Å². The Morgan fingerprint density at radius 3 is 1.80 bits per heavy atom. The molecule has 0 N–H and O–H groups in total. The summed E-state index contributed by atoms with van der Waals surface area (Å²) in [6.45, 7) is 5.42. The quantitative estimate of drug-likeness (QED) is 0.587. The molecule has 0 aromatic rings. The lowest BCUT2D eigenvalue weighted by atomic mass is 10.2. The van der Waals surface area contributed by atoms with E-state index in [9.17, 15) is 0 Å². The van der Waals surface area contributed by atoms with Gasteiger partial charge in [0.1, 0.15) is 0 Å². The Labute approximate surface area is 91.9 Å². The van der Waals surface area contributed by atoms with E-state index >= 15 is 0 Å². The average molecular weight is 196 g/mol. The predicted molar refractivity (Wildman–Crippen MR) is 68.1 cm³/mol. The molecule has 0 heterocycles. The van der Waals surface area contributed by atoms with Crippen LogP contribution in [0.3, 0.4) is 0 Å². The second kappa shape index (κ2) is 6.61. The maximum Gasteiger partial charge on any atom is -0.0184 e. The third-order valence-electron chi connectivity index (χ3n) is 1.99. The highest BCUT2D eigenvalue weighted by Crippen LogP contribution is 2.19. The van der Waals surface area contributed by atoms with Crippen molar-refractivity contribution in [3.05, 3.63) is 73.3 Å². The number of hydrogen-bond acceptors (Lipinski definition) is 0. The maximum absolute atomic E-state index is 3.46. The van der Waals surface area contributed by atoms with Crippen LogP contribution in [0.5, 0.6) is 0 Å². The molecule has 0 heteroatoms. The van der Waals surface area contributed by atoms with Crippen LogP contribution in [0.4, 0.5) is 0 Å². The first-order valence-corrected chi connectivity index (χ1v) is 5.06. The molecular formula is C15H16. The van der Waals surface area contributed by atoms with Crippen LogP contribution in [-0.2, 0) is 0 Å². The van der Waals surface area contributed by atoms with Crippen molar-refractivity contribution in [1.82, 2.24) is 0 Å². The van der Waals surface area contributed by atoms with E-state index < -0.39 is 0 Å². The van der Waals surface area contributed by atoms with Gasteiger partial charge in [0, 0.05) is 0 Å². The Balaban J connectivity index is 0.000000195. The standard InChI is InChI=1S/C10H8.C5H8/c1-2-5-9-7-4-8-10(9)6-3-1;1-3-5-4-2/h1-8H;3-5H,1H2,2H3. The smallest absolute Gasteiger partial charge is 0.0184 e. The molecule has 0 unspecified atom stereocenters.